The van der Waals surface area contributed by atoms with Crippen molar-refractivity contribution in [3.8, 4) is 6.07 Å². The number of aromatic nitrogens is 1. The molecule has 3 saturated heterocycles. The first kappa shape index (κ1) is 12.6. The number of hydrogen-bond acceptors (Lipinski definition) is 4. The Bertz CT molecular complexity index is 710. The van der Waals surface area contributed by atoms with Crippen molar-refractivity contribution < 1.29 is 0 Å². The van der Waals surface area contributed by atoms with Crippen LogP contribution >= 0.6 is 0 Å². The number of pyridine rings is 1. The van der Waals surface area contributed by atoms with Crippen molar-refractivity contribution in [3.05, 3.63) is 35.9 Å². The van der Waals surface area contributed by atoms with Crippen molar-refractivity contribution in [2.45, 2.75) is 18.9 Å². The molecule has 0 spiro atoms. The van der Waals surface area contributed by atoms with Gasteiger partial charge in [-0.3, -0.25) is 0 Å². The zero-order valence-electron chi connectivity index (χ0n) is 11.9. The van der Waals surface area contributed by atoms with Gasteiger partial charge < -0.3 is 10.2 Å². The molecule has 3 aliphatic heterocycles. The molecule has 1 N–H and O–H groups in total. The summed E-state index contributed by atoms with van der Waals surface area (Å²) in [5.74, 6) is 1.46. The molecule has 4 heteroatoms. The highest BCUT2D eigenvalue weighted by Crippen LogP contribution is 2.30. The number of nitrogens with zero attached hydrogens (tertiary/aromatic N) is 3. The van der Waals surface area contributed by atoms with Crippen molar-refractivity contribution in [3.63, 3.8) is 0 Å². The molecule has 1 aromatic heterocycles. The van der Waals surface area contributed by atoms with Crippen molar-refractivity contribution in [1.29, 1.82) is 5.26 Å². The molecular formula is C17H18N4. The van der Waals surface area contributed by atoms with Gasteiger partial charge in [0.15, 0.2) is 0 Å². The Morgan fingerprint density at radius 1 is 1.24 bits per heavy atom. The monoisotopic (exact) mass is 278 g/mol. The number of para-hydroxylation sites is 1. The van der Waals surface area contributed by atoms with E-state index in [-0.39, 0.29) is 0 Å². The molecule has 0 radical (unpaired) electrons. The molecule has 4 nitrogen and oxygen atoms in total. The molecule has 106 valence electrons. The van der Waals surface area contributed by atoms with Crippen LogP contribution in [0.3, 0.4) is 0 Å². The highest BCUT2D eigenvalue weighted by atomic mass is 15.2. The van der Waals surface area contributed by atoms with Crippen molar-refractivity contribution >= 4 is 16.7 Å². The second kappa shape index (κ2) is 5.01. The highest BCUT2D eigenvalue weighted by Gasteiger charge is 2.34. The largest absolute Gasteiger partial charge is 0.365 e. The Kier molecular flexibility index (Phi) is 3.01. The molecule has 4 heterocycles. The maximum Gasteiger partial charge on any atom is 0.144 e. The van der Waals surface area contributed by atoms with E-state index in [9.17, 15) is 5.26 Å². The zero-order chi connectivity index (χ0) is 14.2. The second-order valence-electron chi connectivity index (χ2n) is 6.08. The van der Waals surface area contributed by atoms with Gasteiger partial charge in [-0.05, 0) is 44.0 Å². The highest BCUT2D eigenvalue weighted by molar-refractivity contribution is 5.82. The van der Waals surface area contributed by atoms with E-state index in [1.165, 1.54) is 25.9 Å². The third-order valence-electron chi connectivity index (χ3n) is 4.82. The number of rotatable bonds is 2. The van der Waals surface area contributed by atoms with Crippen molar-refractivity contribution in [2.75, 3.05) is 25.0 Å². The Labute approximate surface area is 124 Å². The molecule has 0 amide bonds. The van der Waals surface area contributed by atoms with Crippen molar-refractivity contribution in [2.24, 2.45) is 5.92 Å². The van der Waals surface area contributed by atoms with Gasteiger partial charge >= 0.3 is 0 Å². The fourth-order valence-electron chi connectivity index (χ4n) is 3.62. The molecule has 1 unspecified atom stereocenters. The van der Waals surface area contributed by atoms with Crippen LogP contribution in [0.25, 0.3) is 10.9 Å². The molecule has 0 saturated carbocycles. The van der Waals surface area contributed by atoms with Crippen molar-refractivity contribution in [1.82, 2.24) is 9.88 Å². The molecule has 5 rings (SSSR count). The molecule has 21 heavy (non-hydrogen) atoms. The number of piperidine rings is 3. The first-order valence-corrected chi connectivity index (χ1v) is 7.62. The predicted molar refractivity (Wildman–Crippen MR) is 83.0 cm³/mol. The van der Waals surface area contributed by atoms with E-state index in [0.29, 0.717) is 11.6 Å². The maximum absolute atomic E-state index is 9.40. The second-order valence-corrected chi connectivity index (χ2v) is 6.08. The summed E-state index contributed by atoms with van der Waals surface area (Å²) in [5.41, 5.74) is 1.59. The maximum atomic E-state index is 9.40. The zero-order valence-corrected chi connectivity index (χ0v) is 11.9. The van der Waals surface area contributed by atoms with E-state index < -0.39 is 0 Å². The van der Waals surface area contributed by atoms with Crippen LogP contribution in [-0.4, -0.2) is 35.6 Å². The predicted octanol–water partition coefficient (Wildman–Crippen LogP) is 2.61. The van der Waals surface area contributed by atoms with E-state index in [0.717, 1.165) is 29.2 Å². The smallest absolute Gasteiger partial charge is 0.144 e. The molecule has 2 bridgehead atoms. The lowest BCUT2D eigenvalue weighted by Crippen LogP contribution is -2.53. The molecule has 3 fully saturated rings. The average molecular weight is 278 g/mol. The number of hydrogen-bond donors (Lipinski definition) is 1. The van der Waals surface area contributed by atoms with Gasteiger partial charge in [0.1, 0.15) is 11.9 Å². The quantitative estimate of drug-likeness (QED) is 0.917. The topological polar surface area (TPSA) is 52.0 Å². The van der Waals surface area contributed by atoms with Gasteiger partial charge in [-0.25, -0.2) is 4.98 Å². The molecule has 2 aromatic rings. The van der Waals surface area contributed by atoms with Gasteiger partial charge in [0, 0.05) is 18.0 Å². The van der Waals surface area contributed by atoms with E-state index in [1.54, 1.807) is 0 Å². The van der Waals surface area contributed by atoms with E-state index in [4.69, 9.17) is 0 Å². The van der Waals surface area contributed by atoms with Gasteiger partial charge in [-0.1, -0.05) is 18.2 Å². The minimum atomic E-state index is 0.424. The van der Waals surface area contributed by atoms with Crippen LogP contribution in [0.5, 0.6) is 0 Å². The number of benzene rings is 1. The van der Waals surface area contributed by atoms with Crippen LogP contribution < -0.4 is 5.32 Å². The van der Waals surface area contributed by atoms with Gasteiger partial charge in [-0.2, -0.15) is 5.26 Å². The fraction of sp³-hybridized carbons (Fsp3) is 0.412. The lowest BCUT2D eigenvalue weighted by atomic mass is 9.84. The first-order valence-electron chi connectivity index (χ1n) is 7.62. The third-order valence-corrected chi connectivity index (χ3v) is 4.82. The minimum Gasteiger partial charge on any atom is -0.365 e. The van der Waals surface area contributed by atoms with Crippen LogP contribution in [0.15, 0.2) is 30.3 Å². The van der Waals surface area contributed by atoms with E-state index >= 15 is 0 Å². The lowest BCUT2D eigenvalue weighted by Gasteiger charge is -2.45. The number of anilines is 1. The van der Waals surface area contributed by atoms with Crippen LogP contribution in [-0.2, 0) is 0 Å². The average Bonchev–Trinajstić information content (AvgIpc) is 2.55. The van der Waals surface area contributed by atoms with Crippen LogP contribution in [0.4, 0.5) is 5.82 Å². The van der Waals surface area contributed by atoms with Crippen LogP contribution in [0.1, 0.15) is 18.4 Å². The number of fused-ring (bicyclic) bond motifs is 4. The Morgan fingerprint density at radius 2 is 2.05 bits per heavy atom. The normalized spacial score (nSPS) is 27.5. The van der Waals surface area contributed by atoms with Crippen LogP contribution in [0, 0.1) is 17.2 Å². The molecule has 1 aromatic carbocycles. The fourth-order valence-corrected chi connectivity index (χ4v) is 3.62. The number of nitrogens with one attached hydrogen (secondary N) is 1. The lowest BCUT2D eigenvalue weighted by molar-refractivity contribution is 0.0974. The number of nitriles is 1. The van der Waals surface area contributed by atoms with E-state index in [1.807, 2.05) is 30.3 Å². The van der Waals surface area contributed by atoms with Crippen LogP contribution in [0.2, 0.25) is 0 Å². The Hall–Kier alpha value is -2.12. The summed E-state index contributed by atoms with van der Waals surface area (Å²) in [6.45, 7) is 3.52. The summed E-state index contributed by atoms with van der Waals surface area (Å²) in [4.78, 5) is 7.18. The summed E-state index contributed by atoms with van der Waals surface area (Å²) >= 11 is 0. The standard InChI is InChI=1S/C17H18N4/c18-10-14-9-13-3-1-2-4-15(13)19-17(14)20-16-11-21-7-5-12(16)6-8-21/h1-4,9,12,16H,5-8,11H2,(H,19,20). The third kappa shape index (κ3) is 2.24. The van der Waals surface area contributed by atoms with Gasteiger partial charge in [0.25, 0.3) is 0 Å². The van der Waals surface area contributed by atoms with Gasteiger partial charge in [0.05, 0.1) is 11.1 Å². The summed E-state index contributed by atoms with van der Waals surface area (Å²) in [5, 5.41) is 14.0. The summed E-state index contributed by atoms with van der Waals surface area (Å²) in [6, 6.07) is 12.6. The molecule has 3 aliphatic rings. The summed E-state index contributed by atoms with van der Waals surface area (Å²) in [7, 11) is 0. The molecular weight excluding hydrogens is 260 g/mol. The van der Waals surface area contributed by atoms with E-state index in [2.05, 4.69) is 21.3 Å². The summed E-state index contributed by atoms with van der Waals surface area (Å²) in [6.07, 6.45) is 2.51. The Morgan fingerprint density at radius 3 is 2.76 bits per heavy atom. The van der Waals surface area contributed by atoms with Gasteiger partial charge in [-0.15, -0.1) is 0 Å². The summed E-state index contributed by atoms with van der Waals surface area (Å²) < 4.78 is 0. The SMILES string of the molecule is N#Cc1cc2ccccc2nc1NC1CN2CCC1CC2. The molecule has 1 atom stereocenters. The first-order chi connectivity index (χ1) is 10.3. The molecule has 0 aliphatic carbocycles. The van der Waals surface area contributed by atoms with Gasteiger partial charge in [0.2, 0.25) is 0 Å². The Balaban J connectivity index is 1.68. The minimum absolute atomic E-state index is 0.424.